The quantitative estimate of drug-likeness (QED) is 0.818. The first-order chi connectivity index (χ1) is 7.16. The molecule has 0 aromatic carbocycles. The highest BCUT2D eigenvalue weighted by molar-refractivity contribution is 7.15. The molecule has 1 amide bonds. The third kappa shape index (κ3) is 2.01. The van der Waals surface area contributed by atoms with Crippen LogP contribution in [0.3, 0.4) is 0 Å². The molecule has 0 bridgehead atoms. The minimum absolute atomic E-state index is 0.230. The normalized spacial score (nSPS) is 10.3. The van der Waals surface area contributed by atoms with Crippen molar-refractivity contribution in [3.8, 4) is 0 Å². The summed E-state index contributed by atoms with van der Waals surface area (Å²) in [6.07, 6.45) is 1.57. The number of hydrogen-bond acceptors (Lipinski definition) is 5. The van der Waals surface area contributed by atoms with Crippen molar-refractivity contribution in [1.29, 1.82) is 0 Å². The highest BCUT2D eigenvalue weighted by Crippen LogP contribution is 2.14. The lowest BCUT2D eigenvalue weighted by Crippen LogP contribution is -2.15. The molecule has 0 aliphatic rings. The lowest BCUT2D eigenvalue weighted by atomic mass is 10.4. The van der Waals surface area contributed by atoms with Crippen LogP contribution in [0.15, 0.2) is 12.3 Å². The van der Waals surface area contributed by atoms with Gasteiger partial charge in [0, 0.05) is 13.2 Å². The molecule has 0 fully saturated rings. The summed E-state index contributed by atoms with van der Waals surface area (Å²) in [4.78, 5) is 11.7. The Hall–Kier alpha value is -1.76. The van der Waals surface area contributed by atoms with E-state index in [0.717, 1.165) is 5.01 Å². The van der Waals surface area contributed by atoms with Crippen LogP contribution < -0.4 is 5.32 Å². The third-order valence-corrected chi connectivity index (χ3v) is 2.55. The Morgan fingerprint density at radius 3 is 2.87 bits per heavy atom. The van der Waals surface area contributed by atoms with Crippen molar-refractivity contribution < 1.29 is 4.79 Å². The minimum atomic E-state index is -0.230. The number of carbonyl (C=O) groups is 1. The van der Waals surface area contributed by atoms with Gasteiger partial charge in [0.25, 0.3) is 5.91 Å². The van der Waals surface area contributed by atoms with Crippen LogP contribution in [0, 0.1) is 6.92 Å². The van der Waals surface area contributed by atoms with Crippen molar-refractivity contribution in [1.82, 2.24) is 20.0 Å². The molecular formula is C8H9N5OS. The number of amides is 1. The molecule has 0 saturated heterocycles. The molecule has 0 atom stereocenters. The maximum Gasteiger partial charge on any atom is 0.275 e. The van der Waals surface area contributed by atoms with E-state index in [0.29, 0.717) is 10.8 Å². The number of carbonyl (C=O) groups excluding carboxylic acids is 1. The minimum Gasteiger partial charge on any atom is -0.295 e. The second kappa shape index (κ2) is 3.77. The molecule has 1 N–H and O–H groups in total. The van der Waals surface area contributed by atoms with Gasteiger partial charge in [-0.15, -0.1) is 10.2 Å². The Balaban J connectivity index is 2.14. The summed E-state index contributed by atoms with van der Waals surface area (Å²) < 4.78 is 1.50. The van der Waals surface area contributed by atoms with E-state index < -0.39 is 0 Å². The van der Waals surface area contributed by atoms with Crippen LogP contribution in [0.4, 0.5) is 5.13 Å². The number of anilines is 1. The van der Waals surface area contributed by atoms with Gasteiger partial charge in [-0.2, -0.15) is 5.10 Å². The number of aryl methyl sites for hydroxylation is 2. The van der Waals surface area contributed by atoms with Crippen molar-refractivity contribution in [2.45, 2.75) is 6.92 Å². The Morgan fingerprint density at radius 2 is 2.33 bits per heavy atom. The molecule has 0 spiro atoms. The van der Waals surface area contributed by atoms with Crippen molar-refractivity contribution in [3.63, 3.8) is 0 Å². The molecule has 0 unspecified atom stereocenters. The molecule has 0 aliphatic heterocycles. The molecule has 2 aromatic heterocycles. The van der Waals surface area contributed by atoms with Crippen LogP contribution in [-0.2, 0) is 7.05 Å². The Bertz CT molecular complexity index is 489. The van der Waals surface area contributed by atoms with E-state index in [9.17, 15) is 4.79 Å². The largest absolute Gasteiger partial charge is 0.295 e. The first-order valence-corrected chi connectivity index (χ1v) is 5.08. The van der Waals surface area contributed by atoms with Crippen LogP contribution >= 0.6 is 11.3 Å². The van der Waals surface area contributed by atoms with Gasteiger partial charge < -0.3 is 0 Å². The molecule has 78 valence electrons. The first-order valence-electron chi connectivity index (χ1n) is 4.26. The van der Waals surface area contributed by atoms with Crippen LogP contribution in [0.25, 0.3) is 0 Å². The average Bonchev–Trinajstić information content (AvgIpc) is 2.75. The predicted molar refractivity (Wildman–Crippen MR) is 55.8 cm³/mol. The van der Waals surface area contributed by atoms with Crippen molar-refractivity contribution in [3.05, 3.63) is 23.0 Å². The summed E-state index contributed by atoms with van der Waals surface area (Å²) in [6.45, 7) is 1.83. The summed E-state index contributed by atoms with van der Waals surface area (Å²) in [5.74, 6) is -0.230. The van der Waals surface area contributed by atoms with E-state index in [1.54, 1.807) is 19.3 Å². The number of hydrogen-bond donors (Lipinski definition) is 1. The van der Waals surface area contributed by atoms with E-state index in [4.69, 9.17) is 0 Å². The van der Waals surface area contributed by atoms with Crippen LogP contribution in [0.1, 0.15) is 15.5 Å². The Labute approximate surface area is 90.0 Å². The summed E-state index contributed by atoms with van der Waals surface area (Å²) >= 11 is 1.34. The lowest BCUT2D eigenvalue weighted by molar-refractivity contribution is 0.101. The predicted octanol–water partition coefficient (Wildman–Crippen LogP) is 0.832. The van der Waals surface area contributed by atoms with Crippen LogP contribution in [-0.4, -0.2) is 25.9 Å². The van der Waals surface area contributed by atoms with Gasteiger partial charge >= 0.3 is 0 Å². The zero-order chi connectivity index (χ0) is 10.8. The maximum atomic E-state index is 11.7. The fourth-order valence-corrected chi connectivity index (χ4v) is 1.69. The smallest absolute Gasteiger partial charge is 0.275 e. The average molecular weight is 223 g/mol. The summed E-state index contributed by atoms with van der Waals surface area (Å²) in [7, 11) is 1.71. The van der Waals surface area contributed by atoms with Gasteiger partial charge in [0.05, 0.1) is 0 Å². The molecule has 7 heteroatoms. The Kier molecular flexibility index (Phi) is 2.46. The molecule has 15 heavy (non-hydrogen) atoms. The van der Waals surface area contributed by atoms with Gasteiger partial charge in [-0.3, -0.25) is 14.8 Å². The molecule has 0 radical (unpaired) electrons. The molecule has 2 rings (SSSR count). The molecule has 6 nitrogen and oxygen atoms in total. The van der Waals surface area contributed by atoms with Gasteiger partial charge in [-0.25, -0.2) is 0 Å². The summed E-state index contributed by atoms with van der Waals surface area (Å²) in [5, 5.41) is 15.5. The van der Waals surface area contributed by atoms with E-state index >= 15 is 0 Å². The van der Waals surface area contributed by atoms with Gasteiger partial charge in [-0.1, -0.05) is 11.3 Å². The topological polar surface area (TPSA) is 72.7 Å². The number of rotatable bonds is 2. The molecule has 2 aromatic rings. The third-order valence-electron chi connectivity index (χ3n) is 1.80. The Morgan fingerprint density at radius 1 is 1.53 bits per heavy atom. The molecule has 0 saturated carbocycles. The zero-order valence-corrected chi connectivity index (χ0v) is 9.08. The van der Waals surface area contributed by atoms with Gasteiger partial charge in [0.15, 0.2) is 0 Å². The lowest BCUT2D eigenvalue weighted by Gasteiger charge is -2.00. The fraction of sp³-hybridized carbons (Fsp3) is 0.250. The fourth-order valence-electron chi connectivity index (χ4n) is 1.10. The van der Waals surface area contributed by atoms with Crippen molar-refractivity contribution in [2.75, 3.05) is 5.32 Å². The highest BCUT2D eigenvalue weighted by atomic mass is 32.1. The van der Waals surface area contributed by atoms with Crippen molar-refractivity contribution in [2.24, 2.45) is 7.05 Å². The van der Waals surface area contributed by atoms with Gasteiger partial charge in [-0.05, 0) is 13.0 Å². The number of nitrogens with zero attached hydrogens (tertiary/aromatic N) is 4. The maximum absolute atomic E-state index is 11.7. The summed E-state index contributed by atoms with van der Waals surface area (Å²) in [5.41, 5.74) is 0.489. The molecule has 2 heterocycles. The first kappa shape index (κ1) is 9.78. The van der Waals surface area contributed by atoms with Crippen LogP contribution in [0.2, 0.25) is 0 Å². The van der Waals surface area contributed by atoms with E-state index in [2.05, 4.69) is 20.6 Å². The van der Waals surface area contributed by atoms with Crippen LogP contribution in [0.5, 0.6) is 0 Å². The monoisotopic (exact) mass is 223 g/mol. The van der Waals surface area contributed by atoms with Gasteiger partial charge in [0.2, 0.25) is 5.13 Å². The molecule has 0 aliphatic carbocycles. The number of aromatic nitrogens is 4. The van der Waals surface area contributed by atoms with Gasteiger partial charge in [0.1, 0.15) is 10.7 Å². The molecular weight excluding hydrogens is 214 g/mol. The van der Waals surface area contributed by atoms with E-state index in [-0.39, 0.29) is 5.91 Å². The standard InChI is InChI=1S/C8H9N5OS/c1-5-11-12-8(15-5)10-7(14)6-3-4-9-13(6)2/h3-4H,1-2H3,(H,10,12,14). The zero-order valence-electron chi connectivity index (χ0n) is 8.26. The summed E-state index contributed by atoms with van der Waals surface area (Å²) in [6, 6.07) is 1.64. The second-order valence-corrected chi connectivity index (χ2v) is 4.10. The second-order valence-electron chi connectivity index (χ2n) is 2.92. The number of nitrogens with one attached hydrogen (secondary N) is 1. The highest BCUT2D eigenvalue weighted by Gasteiger charge is 2.11. The van der Waals surface area contributed by atoms with E-state index in [1.807, 2.05) is 6.92 Å². The SMILES string of the molecule is Cc1nnc(NC(=O)c2ccnn2C)s1. The van der Waals surface area contributed by atoms with E-state index in [1.165, 1.54) is 16.0 Å². The van der Waals surface area contributed by atoms with Crippen molar-refractivity contribution >= 4 is 22.4 Å².